The molecule has 3 aromatic carbocycles. The van der Waals surface area contributed by atoms with Gasteiger partial charge in [-0.1, -0.05) is 72.8 Å². The Morgan fingerprint density at radius 2 is 1.60 bits per heavy atom. The number of rotatable bonds is 3. The van der Waals surface area contributed by atoms with Gasteiger partial charge in [-0.3, -0.25) is 4.79 Å². The number of ether oxygens (including phenoxy) is 1. The number of nitrogens with zero attached hydrogens (tertiary/aromatic N) is 2. The second-order valence-electron chi connectivity index (χ2n) is 7.89. The third-order valence-electron chi connectivity index (χ3n) is 6.47. The number of fused-ring (bicyclic) bond motifs is 7. The minimum atomic E-state index is -0.594. The molecule has 2 bridgehead atoms. The van der Waals surface area contributed by atoms with E-state index in [1.165, 1.54) is 12.7 Å². The molecular formula is C25H20N2O2S. The summed E-state index contributed by atoms with van der Waals surface area (Å²) in [7, 11) is 1.48. The second kappa shape index (κ2) is 6.22. The fourth-order valence-corrected chi connectivity index (χ4v) is 7.37. The van der Waals surface area contributed by atoms with Crippen LogP contribution in [0.5, 0.6) is 0 Å². The Kier molecular flexibility index (Phi) is 3.69. The zero-order valence-electron chi connectivity index (χ0n) is 16.5. The van der Waals surface area contributed by atoms with Gasteiger partial charge in [0.1, 0.15) is 15.4 Å². The van der Waals surface area contributed by atoms with Gasteiger partial charge in [0, 0.05) is 6.42 Å². The van der Waals surface area contributed by atoms with Crippen LogP contribution in [0.3, 0.4) is 0 Å². The normalized spacial score (nSPS) is 26.6. The number of imidazole rings is 1. The lowest BCUT2D eigenvalue weighted by molar-refractivity contribution is -0.147. The van der Waals surface area contributed by atoms with Crippen molar-refractivity contribution in [2.45, 2.75) is 16.0 Å². The molecule has 1 aromatic heterocycles. The van der Waals surface area contributed by atoms with Crippen LogP contribution in [0.15, 0.2) is 84.9 Å². The minimum Gasteiger partial charge on any atom is -0.469 e. The molecule has 0 N–H and O–H groups in total. The molecule has 5 heteroatoms. The number of aromatic nitrogens is 2. The molecule has 4 nitrogen and oxygen atoms in total. The molecule has 0 spiro atoms. The third-order valence-corrected chi connectivity index (χ3v) is 8.42. The fourth-order valence-electron chi connectivity index (χ4n) is 5.25. The van der Waals surface area contributed by atoms with E-state index < -0.39 is 9.62 Å². The summed E-state index contributed by atoms with van der Waals surface area (Å²) in [6.07, 6.45) is 0.663. The van der Waals surface area contributed by atoms with Crippen LogP contribution in [-0.2, 0) is 19.1 Å². The van der Waals surface area contributed by atoms with Gasteiger partial charge in [0.15, 0.2) is 0 Å². The zero-order chi connectivity index (χ0) is 20.3. The van der Waals surface area contributed by atoms with E-state index in [1.807, 2.05) is 42.1 Å². The number of carbonyl (C=O) groups is 1. The Morgan fingerprint density at radius 3 is 2.30 bits per heavy atom. The summed E-state index contributed by atoms with van der Waals surface area (Å²) in [4.78, 5) is 17.8. The summed E-state index contributed by atoms with van der Waals surface area (Å²) < 4.78 is 7.09. The largest absolute Gasteiger partial charge is 0.469 e. The first-order valence-corrected chi connectivity index (χ1v) is 10.9. The number of methoxy groups -OCH3 is 1. The number of benzene rings is 3. The van der Waals surface area contributed by atoms with Gasteiger partial charge in [0.2, 0.25) is 0 Å². The summed E-state index contributed by atoms with van der Waals surface area (Å²) in [5.41, 5.74) is 4.34. The van der Waals surface area contributed by atoms with Crippen LogP contribution in [-0.4, -0.2) is 22.6 Å². The molecule has 1 saturated heterocycles. The van der Waals surface area contributed by atoms with Crippen LogP contribution in [0.1, 0.15) is 23.4 Å². The summed E-state index contributed by atoms with van der Waals surface area (Å²) in [5.74, 6) is 0.437. The van der Waals surface area contributed by atoms with E-state index in [2.05, 4.69) is 59.2 Å². The molecule has 0 radical (unpaired) electrons. The van der Waals surface area contributed by atoms with Crippen molar-refractivity contribution in [2.24, 2.45) is 5.92 Å². The fraction of sp³-hybridized carbons (Fsp3) is 0.200. The van der Waals surface area contributed by atoms with Crippen LogP contribution < -0.4 is 0 Å². The molecule has 0 amide bonds. The Hall–Kier alpha value is -3.05. The zero-order valence-corrected chi connectivity index (χ0v) is 17.3. The van der Waals surface area contributed by atoms with Gasteiger partial charge in [0.25, 0.3) is 0 Å². The van der Waals surface area contributed by atoms with Crippen LogP contribution >= 0.6 is 11.8 Å². The maximum Gasteiger partial charge on any atom is 0.311 e. The first kappa shape index (κ1) is 17.8. The molecule has 2 aliphatic heterocycles. The Bertz CT molecular complexity index is 1270. The lowest BCUT2D eigenvalue weighted by atomic mass is 9.77. The van der Waals surface area contributed by atoms with Crippen molar-refractivity contribution in [1.82, 2.24) is 9.55 Å². The molecule has 3 heterocycles. The van der Waals surface area contributed by atoms with E-state index in [0.29, 0.717) is 6.42 Å². The highest BCUT2D eigenvalue weighted by molar-refractivity contribution is 8.02. The van der Waals surface area contributed by atoms with E-state index >= 15 is 0 Å². The topological polar surface area (TPSA) is 44.1 Å². The van der Waals surface area contributed by atoms with Gasteiger partial charge >= 0.3 is 5.97 Å². The maximum atomic E-state index is 13.1. The standard InChI is InChI=1S/C25H20N2O2S/c1-29-22(28)19-16-24(17-10-4-2-5-11-17)27-21-15-9-8-14-20(21)26-23(27)25(19,30-24)18-12-6-3-7-13-18/h2-15,19H,16H2,1H3/t19-,24-,25+/m0/s1. The Labute approximate surface area is 178 Å². The lowest BCUT2D eigenvalue weighted by Gasteiger charge is -2.34. The highest BCUT2D eigenvalue weighted by atomic mass is 32.2. The van der Waals surface area contributed by atoms with E-state index in [0.717, 1.165) is 22.4 Å². The van der Waals surface area contributed by atoms with Crippen LogP contribution in [0.4, 0.5) is 0 Å². The summed E-state index contributed by atoms with van der Waals surface area (Å²) in [6, 6.07) is 29.0. The highest BCUT2D eigenvalue weighted by Crippen LogP contribution is 2.72. The van der Waals surface area contributed by atoms with Crippen LogP contribution in [0, 0.1) is 5.92 Å². The second-order valence-corrected chi connectivity index (χ2v) is 9.42. The number of hydrogen-bond donors (Lipinski definition) is 0. The minimum absolute atomic E-state index is 0.178. The van der Waals surface area contributed by atoms with Gasteiger partial charge in [-0.25, -0.2) is 4.98 Å². The number of carbonyl (C=O) groups excluding carboxylic acids is 1. The predicted octanol–water partition coefficient (Wildman–Crippen LogP) is 4.92. The highest BCUT2D eigenvalue weighted by Gasteiger charge is 2.69. The van der Waals surface area contributed by atoms with Gasteiger partial charge in [0.05, 0.1) is 24.1 Å². The Balaban J connectivity index is 1.74. The summed E-state index contributed by atoms with van der Waals surface area (Å²) >= 11 is 1.83. The van der Waals surface area contributed by atoms with Gasteiger partial charge in [-0.2, -0.15) is 0 Å². The van der Waals surface area contributed by atoms with Crippen molar-refractivity contribution < 1.29 is 9.53 Å². The molecule has 1 fully saturated rings. The number of para-hydroxylation sites is 2. The monoisotopic (exact) mass is 412 g/mol. The average Bonchev–Trinajstić information content (AvgIpc) is 3.46. The van der Waals surface area contributed by atoms with E-state index in [1.54, 1.807) is 0 Å². The maximum absolute atomic E-state index is 13.1. The third kappa shape index (κ3) is 2.08. The van der Waals surface area contributed by atoms with Gasteiger partial charge in [-0.15, -0.1) is 11.8 Å². The van der Waals surface area contributed by atoms with Crippen molar-refractivity contribution in [3.8, 4) is 0 Å². The molecular weight excluding hydrogens is 392 g/mol. The van der Waals surface area contributed by atoms with E-state index in [4.69, 9.17) is 9.72 Å². The smallest absolute Gasteiger partial charge is 0.311 e. The van der Waals surface area contributed by atoms with Crippen molar-refractivity contribution in [1.29, 1.82) is 0 Å². The number of esters is 1. The average molecular weight is 413 g/mol. The molecule has 148 valence electrons. The van der Waals surface area contributed by atoms with E-state index in [-0.39, 0.29) is 11.9 Å². The number of thioether (sulfide) groups is 1. The van der Waals surface area contributed by atoms with Gasteiger partial charge < -0.3 is 9.30 Å². The summed E-state index contributed by atoms with van der Waals surface area (Å²) in [6.45, 7) is 0. The quantitative estimate of drug-likeness (QED) is 0.448. The molecule has 6 rings (SSSR count). The van der Waals surface area contributed by atoms with Crippen molar-refractivity contribution in [3.63, 3.8) is 0 Å². The molecule has 0 unspecified atom stereocenters. The predicted molar refractivity (Wildman–Crippen MR) is 118 cm³/mol. The van der Waals surface area contributed by atoms with Crippen LogP contribution in [0.2, 0.25) is 0 Å². The lowest BCUT2D eigenvalue weighted by Crippen LogP contribution is -2.41. The van der Waals surface area contributed by atoms with Crippen LogP contribution in [0.25, 0.3) is 11.0 Å². The molecule has 4 aromatic rings. The van der Waals surface area contributed by atoms with Gasteiger partial charge in [-0.05, 0) is 23.3 Å². The SMILES string of the molecule is COC(=O)[C@@H]1C[C@@]2(c3ccccc3)S[C@@]1(c1ccccc1)c1nc3ccccc3n12. The number of hydrogen-bond acceptors (Lipinski definition) is 4. The van der Waals surface area contributed by atoms with Crippen molar-refractivity contribution >= 4 is 28.8 Å². The van der Waals surface area contributed by atoms with Crippen molar-refractivity contribution in [3.05, 3.63) is 102 Å². The first-order chi connectivity index (χ1) is 14.7. The molecule has 30 heavy (non-hydrogen) atoms. The molecule has 2 aliphatic rings. The molecule has 3 atom stereocenters. The first-order valence-electron chi connectivity index (χ1n) is 10.1. The summed E-state index contributed by atoms with van der Waals surface area (Å²) in [5, 5.41) is 0. The molecule has 0 saturated carbocycles. The molecule has 0 aliphatic carbocycles. The van der Waals surface area contributed by atoms with E-state index in [9.17, 15) is 4.79 Å². The Morgan fingerprint density at radius 1 is 0.967 bits per heavy atom. The van der Waals surface area contributed by atoms with Crippen molar-refractivity contribution in [2.75, 3.05) is 7.11 Å².